The molecule has 0 atom stereocenters. The van der Waals surface area contributed by atoms with E-state index in [1.54, 1.807) is 12.4 Å². The molecule has 0 amide bonds. The van der Waals surface area contributed by atoms with Crippen LogP contribution in [0.2, 0.25) is 5.02 Å². The maximum atomic E-state index is 6.09. The molecular weight excluding hydrogens is 270 g/mol. The number of nitrogens with zero attached hydrogens (tertiary/aromatic N) is 2. The van der Waals surface area contributed by atoms with Crippen LogP contribution in [0.4, 0.5) is 0 Å². The van der Waals surface area contributed by atoms with Crippen LogP contribution >= 0.6 is 11.6 Å². The van der Waals surface area contributed by atoms with Crippen LogP contribution in [0, 0.1) is 0 Å². The molecule has 20 heavy (non-hydrogen) atoms. The Kier molecular flexibility index (Phi) is 3.90. The van der Waals surface area contributed by atoms with E-state index < -0.39 is 0 Å². The molecule has 2 aromatic heterocycles. The molecule has 3 nitrogen and oxygen atoms in total. The van der Waals surface area contributed by atoms with E-state index in [-0.39, 0.29) is 0 Å². The number of para-hydroxylation sites is 1. The van der Waals surface area contributed by atoms with Gasteiger partial charge in [-0.05, 0) is 23.3 Å². The first-order valence-corrected chi connectivity index (χ1v) is 6.84. The largest absolute Gasteiger partial charge is 0.308 e. The molecule has 1 aromatic carbocycles. The van der Waals surface area contributed by atoms with Crippen molar-refractivity contribution in [1.29, 1.82) is 0 Å². The Balaban J connectivity index is 1.73. The smallest absolute Gasteiger partial charge is 0.0746 e. The van der Waals surface area contributed by atoms with Crippen molar-refractivity contribution < 1.29 is 0 Å². The Morgan fingerprint density at radius 1 is 0.950 bits per heavy atom. The Hall–Kier alpha value is -1.97. The van der Waals surface area contributed by atoms with E-state index >= 15 is 0 Å². The fourth-order valence-electron chi connectivity index (χ4n) is 2.19. The molecule has 0 aliphatic rings. The average molecular weight is 284 g/mol. The van der Waals surface area contributed by atoms with Crippen molar-refractivity contribution in [3.63, 3.8) is 0 Å². The molecule has 3 rings (SSSR count). The number of nitrogens with one attached hydrogen (secondary N) is 1. The van der Waals surface area contributed by atoms with Crippen molar-refractivity contribution in [2.45, 2.75) is 13.1 Å². The zero-order valence-corrected chi connectivity index (χ0v) is 11.6. The minimum atomic E-state index is 0.691. The molecule has 0 aliphatic carbocycles. The summed E-state index contributed by atoms with van der Waals surface area (Å²) in [5, 5.41) is 5.25. The van der Waals surface area contributed by atoms with Gasteiger partial charge in [0.25, 0.3) is 0 Å². The zero-order valence-electron chi connectivity index (χ0n) is 10.9. The van der Waals surface area contributed by atoms with E-state index in [0.717, 1.165) is 23.0 Å². The molecule has 0 saturated carbocycles. The average Bonchev–Trinajstić information content (AvgIpc) is 2.49. The molecule has 0 fully saturated rings. The number of rotatable bonds is 4. The van der Waals surface area contributed by atoms with Crippen LogP contribution < -0.4 is 5.32 Å². The van der Waals surface area contributed by atoms with Gasteiger partial charge in [-0.1, -0.05) is 35.9 Å². The SMILES string of the molecule is Clc1cnccc1CNCc1cccc2cccnc12. The highest BCUT2D eigenvalue weighted by Gasteiger charge is 2.03. The number of benzene rings is 1. The maximum Gasteiger partial charge on any atom is 0.0746 e. The summed E-state index contributed by atoms with van der Waals surface area (Å²) < 4.78 is 0. The van der Waals surface area contributed by atoms with Crippen LogP contribution in [0.1, 0.15) is 11.1 Å². The van der Waals surface area contributed by atoms with E-state index in [4.69, 9.17) is 11.6 Å². The predicted molar refractivity (Wildman–Crippen MR) is 81.5 cm³/mol. The third-order valence-corrected chi connectivity index (χ3v) is 3.54. The molecule has 4 heteroatoms. The Morgan fingerprint density at radius 2 is 1.80 bits per heavy atom. The van der Waals surface area contributed by atoms with E-state index in [1.807, 2.05) is 18.3 Å². The monoisotopic (exact) mass is 283 g/mol. The first-order valence-electron chi connectivity index (χ1n) is 6.46. The lowest BCUT2D eigenvalue weighted by atomic mass is 10.1. The van der Waals surface area contributed by atoms with Crippen molar-refractivity contribution in [2.75, 3.05) is 0 Å². The summed E-state index contributed by atoms with van der Waals surface area (Å²) in [6, 6.07) is 12.2. The van der Waals surface area contributed by atoms with Crippen LogP contribution in [-0.2, 0) is 13.1 Å². The lowest BCUT2D eigenvalue weighted by Crippen LogP contribution is -2.13. The number of pyridine rings is 2. The molecule has 2 heterocycles. The fraction of sp³-hybridized carbons (Fsp3) is 0.125. The predicted octanol–water partition coefficient (Wildman–Crippen LogP) is 3.57. The zero-order chi connectivity index (χ0) is 13.8. The van der Waals surface area contributed by atoms with Gasteiger partial charge in [-0.15, -0.1) is 0 Å². The van der Waals surface area contributed by atoms with Gasteiger partial charge >= 0.3 is 0 Å². The lowest BCUT2D eigenvalue weighted by Gasteiger charge is -2.08. The second-order valence-electron chi connectivity index (χ2n) is 4.56. The minimum Gasteiger partial charge on any atom is -0.308 e. The Labute approximate surface area is 122 Å². The second kappa shape index (κ2) is 5.99. The molecule has 0 spiro atoms. The number of aromatic nitrogens is 2. The fourth-order valence-corrected chi connectivity index (χ4v) is 2.38. The van der Waals surface area contributed by atoms with E-state index in [9.17, 15) is 0 Å². The van der Waals surface area contributed by atoms with Gasteiger partial charge in [0.2, 0.25) is 0 Å². The van der Waals surface area contributed by atoms with E-state index in [0.29, 0.717) is 11.6 Å². The van der Waals surface area contributed by atoms with Gasteiger partial charge in [-0.25, -0.2) is 0 Å². The molecule has 0 radical (unpaired) electrons. The van der Waals surface area contributed by atoms with E-state index in [1.165, 1.54) is 5.56 Å². The van der Waals surface area contributed by atoms with Gasteiger partial charge in [0.1, 0.15) is 0 Å². The van der Waals surface area contributed by atoms with Crippen molar-refractivity contribution in [3.8, 4) is 0 Å². The Bertz CT molecular complexity index is 722. The minimum absolute atomic E-state index is 0.691. The summed E-state index contributed by atoms with van der Waals surface area (Å²) in [6.07, 6.45) is 5.24. The van der Waals surface area contributed by atoms with Crippen LogP contribution in [0.3, 0.4) is 0 Å². The molecule has 3 aromatic rings. The van der Waals surface area contributed by atoms with Crippen LogP contribution in [0.5, 0.6) is 0 Å². The molecule has 0 unspecified atom stereocenters. The van der Waals surface area contributed by atoms with Crippen molar-refractivity contribution >= 4 is 22.5 Å². The molecule has 1 N–H and O–H groups in total. The molecule has 100 valence electrons. The third kappa shape index (κ3) is 2.79. The summed E-state index contributed by atoms with van der Waals surface area (Å²) in [4.78, 5) is 8.43. The number of fused-ring (bicyclic) bond motifs is 1. The van der Waals surface area contributed by atoms with Gasteiger partial charge in [0.15, 0.2) is 0 Å². The van der Waals surface area contributed by atoms with Gasteiger partial charge in [-0.2, -0.15) is 0 Å². The summed E-state index contributed by atoms with van der Waals surface area (Å²) in [5.41, 5.74) is 3.28. The van der Waals surface area contributed by atoms with Gasteiger partial charge < -0.3 is 5.32 Å². The maximum absolute atomic E-state index is 6.09. The standard InChI is InChI=1S/C16H14ClN3/c17-15-11-18-8-6-13(15)9-19-10-14-4-1-3-12-5-2-7-20-16(12)14/h1-8,11,19H,9-10H2. The lowest BCUT2D eigenvalue weighted by molar-refractivity contribution is 0.695. The second-order valence-corrected chi connectivity index (χ2v) is 4.97. The first kappa shape index (κ1) is 13.0. The molecule has 0 aliphatic heterocycles. The third-order valence-electron chi connectivity index (χ3n) is 3.20. The van der Waals surface area contributed by atoms with Gasteiger partial charge in [0, 0.05) is 37.1 Å². The summed E-state index contributed by atoms with van der Waals surface area (Å²) in [6.45, 7) is 1.47. The van der Waals surface area contributed by atoms with Crippen LogP contribution in [0.15, 0.2) is 55.0 Å². The molecule has 0 bridgehead atoms. The molecule has 0 saturated heterocycles. The van der Waals surface area contributed by atoms with Gasteiger partial charge in [0.05, 0.1) is 10.5 Å². The highest BCUT2D eigenvalue weighted by molar-refractivity contribution is 6.31. The van der Waals surface area contributed by atoms with Crippen LogP contribution in [0.25, 0.3) is 10.9 Å². The van der Waals surface area contributed by atoms with Crippen molar-refractivity contribution in [2.24, 2.45) is 0 Å². The quantitative estimate of drug-likeness (QED) is 0.795. The van der Waals surface area contributed by atoms with Crippen LogP contribution in [-0.4, -0.2) is 9.97 Å². The number of hydrogen-bond acceptors (Lipinski definition) is 3. The topological polar surface area (TPSA) is 37.8 Å². The summed E-state index contributed by atoms with van der Waals surface area (Å²) in [5.74, 6) is 0. The number of hydrogen-bond donors (Lipinski definition) is 1. The first-order chi connectivity index (χ1) is 9.84. The summed E-state index contributed by atoms with van der Waals surface area (Å²) >= 11 is 6.09. The highest BCUT2D eigenvalue weighted by Crippen LogP contribution is 2.16. The Morgan fingerprint density at radius 3 is 2.70 bits per heavy atom. The van der Waals surface area contributed by atoms with E-state index in [2.05, 4.69) is 39.6 Å². The van der Waals surface area contributed by atoms with Crippen molar-refractivity contribution in [3.05, 3.63) is 71.1 Å². The highest BCUT2D eigenvalue weighted by atomic mass is 35.5. The summed E-state index contributed by atoms with van der Waals surface area (Å²) in [7, 11) is 0. The molecular formula is C16H14ClN3. The van der Waals surface area contributed by atoms with Gasteiger partial charge in [-0.3, -0.25) is 9.97 Å². The number of halogens is 1. The van der Waals surface area contributed by atoms with Crippen molar-refractivity contribution in [1.82, 2.24) is 15.3 Å². The normalized spacial score (nSPS) is 10.8.